The number of hydrogen-bond donors (Lipinski definition) is 1. The molecule has 2 rings (SSSR count). The Morgan fingerprint density at radius 2 is 1.43 bits per heavy atom. The first-order valence-corrected chi connectivity index (χ1v) is 8.94. The summed E-state index contributed by atoms with van der Waals surface area (Å²) in [5, 5.41) is 10.8. The number of benzene rings is 2. The molecule has 0 aliphatic heterocycles. The molecular formula is C22H28O6. The topological polar surface area (TPSA) is 66.4 Å². The second-order valence-electron chi connectivity index (χ2n) is 6.14. The third-order valence-corrected chi connectivity index (χ3v) is 4.33. The maximum atomic E-state index is 10.8. The standard InChI is InChI=1S/C22H28O6/c1-7-8-15-9-10-17(18(11-15)24-3)28-14(2)21(23)16-12-19(25-4)22(27-6)20(13-16)26-5/h7-14,21,23H,1-6H3/t14-,21+/m1/s1. The Morgan fingerprint density at radius 1 is 0.821 bits per heavy atom. The van der Waals surface area contributed by atoms with E-state index in [1.165, 1.54) is 21.3 Å². The molecule has 0 amide bonds. The Morgan fingerprint density at radius 3 is 1.93 bits per heavy atom. The van der Waals surface area contributed by atoms with Gasteiger partial charge < -0.3 is 28.8 Å². The molecule has 0 unspecified atom stereocenters. The lowest BCUT2D eigenvalue weighted by Gasteiger charge is -2.23. The van der Waals surface area contributed by atoms with Crippen LogP contribution in [0.2, 0.25) is 0 Å². The molecule has 2 aromatic rings. The monoisotopic (exact) mass is 388 g/mol. The Labute approximate surface area is 166 Å². The van der Waals surface area contributed by atoms with Crippen molar-refractivity contribution in [3.05, 3.63) is 47.5 Å². The molecule has 0 heterocycles. The predicted molar refractivity (Wildman–Crippen MR) is 109 cm³/mol. The maximum Gasteiger partial charge on any atom is 0.203 e. The molecule has 0 aromatic heterocycles. The molecule has 0 saturated carbocycles. The van der Waals surface area contributed by atoms with Gasteiger partial charge in [-0.2, -0.15) is 0 Å². The van der Waals surface area contributed by atoms with E-state index in [9.17, 15) is 5.11 Å². The fourth-order valence-corrected chi connectivity index (χ4v) is 2.89. The zero-order valence-corrected chi connectivity index (χ0v) is 17.2. The lowest BCUT2D eigenvalue weighted by Crippen LogP contribution is -2.22. The molecule has 2 aromatic carbocycles. The van der Waals surface area contributed by atoms with Crippen molar-refractivity contribution in [2.45, 2.75) is 26.1 Å². The lowest BCUT2D eigenvalue weighted by atomic mass is 10.0. The van der Waals surface area contributed by atoms with Gasteiger partial charge in [0.05, 0.1) is 28.4 Å². The summed E-state index contributed by atoms with van der Waals surface area (Å²) in [6.07, 6.45) is 2.45. The minimum atomic E-state index is -0.923. The van der Waals surface area contributed by atoms with Crippen LogP contribution < -0.4 is 23.7 Å². The summed E-state index contributed by atoms with van der Waals surface area (Å²) < 4.78 is 27.4. The van der Waals surface area contributed by atoms with Crippen LogP contribution in [0.25, 0.3) is 6.08 Å². The summed E-state index contributed by atoms with van der Waals surface area (Å²) in [6, 6.07) is 9.05. The van der Waals surface area contributed by atoms with Crippen LogP contribution in [-0.4, -0.2) is 39.6 Å². The fourth-order valence-electron chi connectivity index (χ4n) is 2.89. The summed E-state index contributed by atoms with van der Waals surface area (Å²) in [5.41, 5.74) is 1.59. The summed E-state index contributed by atoms with van der Waals surface area (Å²) >= 11 is 0. The molecule has 1 N–H and O–H groups in total. The molecule has 6 nitrogen and oxygen atoms in total. The quantitative estimate of drug-likeness (QED) is 0.693. The molecule has 6 heteroatoms. The third-order valence-electron chi connectivity index (χ3n) is 4.33. The maximum absolute atomic E-state index is 10.8. The van der Waals surface area contributed by atoms with E-state index in [1.807, 2.05) is 37.3 Å². The first kappa shape index (κ1) is 21.4. The van der Waals surface area contributed by atoms with Crippen LogP contribution >= 0.6 is 0 Å². The SMILES string of the molecule is CC=Cc1ccc(O[C@H](C)[C@H](O)c2cc(OC)c(OC)c(OC)c2)c(OC)c1. The van der Waals surface area contributed by atoms with Gasteiger partial charge in [0, 0.05) is 0 Å². The van der Waals surface area contributed by atoms with Crippen molar-refractivity contribution >= 4 is 6.08 Å². The Hall–Kier alpha value is -2.86. The van der Waals surface area contributed by atoms with Crippen molar-refractivity contribution in [1.29, 1.82) is 0 Å². The molecule has 152 valence electrons. The molecule has 0 radical (unpaired) electrons. The van der Waals surface area contributed by atoms with Crippen LogP contribution in [0, 0.1) is 0 Å². The van der Waals surface area contributed by atoms with Crippen LogP contribution in [0.1, 0.15) is 31.1 Å². The van der Waals surface area contributed by atoms with Crippen LogP contribution in [-0.2, 0) is 0 Å². The number of methoxy groups -OCH3 is 4. The van der Waals surface area contributed by atoms with Crippen molar-refractivity contribution in [2.24, 2.45) is 0 Å². The fraction of sp³-hybridized carbons (Fsp3) is 0.364. The summed E-state index contributed by atoms with van der Waals surface area (Å²) in [4.78, 5) is 0. The highest BCUT2D eigenvalue weighted by atomic mass is 16.5. The van der Waals surface area contributed by atoms with Gasteiger partial charge >= 0.3 is 0 Å². The van der Waals surface area contributed by atoms with E-state index in [2.05, 4.69) is 0 Å². The van der Waals surface area contributed by atoms with E-state index < -0.39 is 12.2 Å². The number of aliphatic hydroxyl groups excluding tert-OH is 1. The van der Waals surface area contributed by atoms with Crippen molar-refractivity contribution in [2.75, 3.05) is 28.4 Å². The smallest absolute Gasteiger partial charge is 0.203 e. The molecule has 2 atom stereocenters. The third kappa shape index (κ3) is 4.70. The average Bonchev–Trinajstić information content (AvgIpc) is 2.72. The second-order valence-corrected chi connectivity index (χ2v) is 6.14. The van der Waals surface area contributed by atoms with Crippen LogP contribution in [0.5, 0.6) is 28.7 Å². The summed E-state index contributed by atoms with van der Waals surface area (Å²) in [6.45, 7) is 3.74. The number of ether oxygens (including phenoxy) is 5. The van der Waals surface area contributed by atoms with Gasteiger partial charge in [-0.05, 0) is 49.2 Å². The Kier molecular flexibility index (Phi) is 7.58. The van der Waals surface area contributed by atoms with Gasteiger partial charge in [-0.25, -0.2) is 0 Å². The van der Waals surface area contributed by atoms with E-state index in [0.717, 1.165) is 5.56 Å². The van der Waals surface area contributed by atoms with E-state index in [4.69, 9.17) is 23.7 Å². The van der Waals surface area contributed by atoms with Crippen molar-refractivity contribution in [1.82, 2.24) is 0 Å². The average molecular weight is 388 g/mol. The molecule has 0 aliphatic rings. The molecule has 0 bridgehead atoms. The highest BCUT2D eigenvalue weighted by molar-refractivity contribution is 5.56. The number of aliphatic hydroxyl groups is 1. The highest BCUT2D eigenvalue weighted by Gasteiger charge is 2.23. The molecule has 0 fully saturated rings. The summed E-state index contributed by atoms with van der Waals surface area (Å²) in [5.74, 6) is 2.55. The van der Waals surface area contributed by atoms with Crippen LogP contribution in [0.15, 0.2) is 36.4 Å². The lowest BCUT2D eigenvalue weighted by molar-refractivity contribution is 0.0448. The van der Waals surface area contributed by atoms with Gasteiger partial charge in [-0.3, -0.25) is 0 Å². The van der Waals surface area contributed by atoms with Gasteiger partial charge in [-0.1, -0.05) is 18.2 Å². The van der Waals surface area contributed by atoms with Crippen LogP contribution in [0.4, 0.5) is 0 Å². The Bertz CT molecular complexity index is 790. The minimum absolute atomic E-state index is 0.468. The van der Waals surface area contributed by atoms with E-state index >= 15 is 0 Å². The molecule has 0 saturated heterocycles. The molecule has 28 heavy (non-hydrogen) atoms. The zero-order chi connectivity index (χ0) is 20.7. The van der Waals surface area contributed by atoms with Gasteiger partial charge in [0.1, 0.15) is 12.2 Å². The van der Waals surface area contributed by atoms with E-state index in [-0.39, 0.29) is 0 Å². The zero-order valence-electron chi connectivity index (χ0n) is 17.2. The largest absolute Gasteiger partial charge is 0.493 e. The van der Waals surface area contributed by atoms with Gasteiger partial charge in [0.25, 0.3) is 0 Å². The van der Waals surface area contributed by atoms with E-state index in [1.54, 1.807) is 26.2 Å². The van der Waals surface area contributed by atoms with Gasteiger partial charge in [0.15, 0.2) is 23.0 Å². The van der Waals surface area contributed by atoms with Gasteiger partial charge in [0.2, 0.25) is 5.75 Å². The Balaban J connectivity index is 2.29. The normalized spacial score (nSPS) is 13.1. The molecular weight excluding hydrogens is 360 g/mol. The predicted octanol–water partition coefficient (Wildman–Crippen LogP) is 4.26. The van der Waals surface area contributed by atoms with Gasteiger partial charge in [-0.15, -0.1) is 0 Å². The number of hydrogen-bond acceptors (Lipinski definition) is 6. The first-order chi connectivity index (χ1) is 13.5. The summed E-state index contributed by atoms with van der Waals surface area (Å²) in [7, 11) is 6.18. The van der Waals surface area contributed by atoms with Crippen molar-refractivity contribution in [3.8, 4) is 28.7 Å². The number of allylic oxidation sites excluding steroid dienone is 1. The van der Waals surface area contributed by atoms with E-state index in [0.29, 0.717) is 34.3 Å². The minimum Gasteiger partial charge on any atom is -0.493 e. The highest BCUT2D eigenvalue weighted by Crippen LogP contribution is 2.40. The first-order valence-electron chi connectivity index (χ1n) is 8.94. The number of rotatable bonds is 9. The van der Waals surface area contributed by atoms with Crippen molar-refractivity contribution in [3.63, 3.8) is 0 Å². The molecule has 0 aliphatic carbocycles. The second kappa shape index (κ2) is 9.90. The van der Waals surface area contributed by atoms with Crippen LogP contribution in [0.3, 0.4) is 0 Å². The molecule has 0 spiro atoms. The van der Waals surface area contributed by atoms with Crippen molar-refractivity contribution < 1.29 is 28.8 Å².